The zero-order valence-electron chi connectivity index (χ0n) is 15.3. The molecule has 5 nitrogen and oxygen atoms in total. The number of hydrogen-bond acceptors (Lipinski definition) is 3. The second-order valence-corrected chi connectivity index (χ2v) is 7.95. The second kappa shape index (κ2) is 6.83. The predicted octanol–water partition coefficient (Wildman–Crippen LogP) is 3.51. The van der Waals surface area contributed by atoms with Crippen molar-refractivity contribution in [2.45, 2.75) is 52.7 Å². The molecule has 0 unspecified atom stereocenters. The number of nitrogens with one attached hydrogen (secondary N) is 1. The van der Waals surface area contributed by atoms with Gasteiger partial charge in [-0.05, 0) is 33.3 Å². The van der Waals surface area contributed by atoms with Crippen LogP contribution in [0.4, 0.5) is 4.79 Å². The molecule has 1 heterocycles. The highest BCUT2D eigenvalue weighted by atomic mass is 16.6. The van der Waals surface area contributed by atoms with Crippen molar-refractivity contribution in [2.75, 3.05) is 13.1 Å². The summed E-state index contributed by atoms with van der Waals surface area (Å²) in [7, 11) is 0. The van der Waals surface area contributed by atoms with Crippen LogP contribution in [-0.4, -0.2) is 35.6 Å². The topological polar surface area (TPSA) is 58.6 Å². The van der Waals surface area contributed by atoms with Crippen LogP contribution in [0.5, 0.6) is 0 Å². The fourth-order valence-corrected chi connectivity index (χ4v) is 3.00. The van der Waals surface area contributed by atoms with Crippen molar-refractivity contribution in [3.8, 4) is 0 Å². The first-order valence-electron chi connectivity index (χ1n) is 8.41. The first-order valence-corrected chi connectivity index (χ1v) is 8.41. The third kappa shape index (κ3) is 4.73. The van der Waals surface area contributed by atoms with Crippen molar-refractivity contribution in [1.29, 1.82) is 0 Å². The SMILES string of the molecule is C[C@H](c1ccccc1)N1C[C@@](C)(CNC(=O)OC(C)(C)C)CC1=O. The molecule has 2 amide bonds. The lowest BCUT2D eigenvalue weighted by molar-refractivity contribution is -0.129. The Morgan fingerprint density at radius 1 is 1.33 bits per heavy atom. The van der Waals surface area contributed by atoms with E-state index in [1.165, 1.54) is 0 Å². The van der Waals surface area contributed by atoms with Gasteiger partial charge in [0.15, 0.2) is 0 Å². The molecule has 1 aliphatic heterocycles. The van der Waals surface area contributed by atoms with Gasteiger partial charge in [-0.15, -0.1) is 0 Å². The van der Waals surface area contributed by atoms with E-state index < -0.39 is 11.7 Å². The third-order valence-electron chi connectivity index (χ3n) is 4.26. The zero-order valence-corrected chi connectivity index (χ0v) is 15.3. The summed E-state index contributed by atoms with van der Waals surface area (Å²) in [6, 6.07) is 10.0. The van der Waals surface area contributed by atoms with Crippen LogP contribution in [0.1, 0.15) is 52.6 Å². The Labute approximate surface area is 144 Å². The van der Waals surface area contributed by atoms with Crippen molar-refractivity contribution in [3.05, 3.63) is 35.9 Å². The van der Waals surface area contributed by atoms with E-state index in [0.717, 1.165) is 5.56 Å². The van der Waals surface area contributed by atoms with Crippen molar-refractivity contribution < 1.29 is 14.3 Å². The maximum Gasteiger partial charge on any atom is 0.407 e. The van der Waals surface area contributed by atoms with E-state index in [4.69, 9.17) is 4.74 Å². The van der Waals surface area contributed by atoms with Crippen LogP contribution in [0.2, 0.25) is 0 Å². The molecule has 0 bridgehead atoms. The molecule has 5 heteroatoms. The first-order chi connectivity index (χ1) is 11.1. The quantitative estimate of drug-likeness (QED) is 0.918. The molecule has 1 saturated heterocycles. The molecule has 2 atom stereocenters. The Kier molecular flexibility index (Phi) is 5.21. The number of nitrogens with zero attached hydrogens (tertiary/aromatic N) is 1. The number of carbonyl (C=O) groups is 2. The molecule has 0 aromatic heterocycles. The molecule has 1 fully saturated rings. The van der Waals surface area contributed by atoms with Gasteiger partial charge in [0.25, 0.3) is 0 Å². The monoisotopic (exact) mass is 332 g/mol. The van der Waals surface area contributed by atoms with Crippen molar-refractivity contribution >= 4 is 12.0 Å². The summed E-state index contributed by atoms with van der Waals surface area (Å²) in [5.41, 5.74) is 0.316. The number of likely N-dealkylation sites (tertiary alicyclic amines) is 1. The summed E-state index contributed by atoms with van der Waals surface area (Å²) in [6.45, 7) is 10.6. The molecular formula is C19H28N2O3. The standard InChI is InChI=1S/C19H28N2O3/c1-14(15-9-7-6-8-10-15)21-13-19(5,11-16(21)22)12-20-17(23)24-18(2,3)4/h6-10,14H,11-13H2,1-5H3,(H,20,23)/t14-,19-/m1/s1. The van der Waals surface area contributed by atoms with Gasteiger partial charge in [-0.2, -0.15) is 0 Å². The van der Waals surface area contributed by atoms with E-state index >= 15 is 0 Å². The van der Waals surface area contributed by atoms with E-state index in [2.05, 4.69) is 5.32 Å². The lowest BCUT2D eigenvalue weighted by atomic mass is 9.89. The van der Waals surface area contributed by atoms with Gasteiger partial charge >= 0.3 is 6.09 Å². The van der Waals surface area contributed by atoms with E-state index in [0.29, 0.717) is 19.5 Å². The van der Waals surface area contributed by atoms with Gasteiger partial charge in [0.05, 0.1) is 6.04 Å². The number of carbonyl (C=O) groups excluding carboxylic acids is 2. The molecule has 0 aliphatic carbocycles. The highest BCUT2D eigenvalue weighted by Gasteiger charge is 2.41. The number of amides is 2. The maximum atomic E-state index is 12.5. The molecule has 24 heavy (non-hydrogen) atoms. The summed E-state index contributed by atoms with van der Waals surface area (Å²) in [5.74, 6) is 0.125. The summed E-state index contributed by atoms with van der Waals surface area (Å²) < 4.78 is 5.26. The number of rotatable bonds is 4. The van der Waals surface area contributed by atoms with E-state index in [1.54, 1.807) is 0 Å². The number of hydrogen-bond donors (Lipinski definition) is 1. The Morgan fingerprint density at radius 3 is 2.54 bits per heavy atom. The van der Waals surface area contributed by atoms with Gasteiger partial charge in [0, 0.05) is 24.9 Å². The minimum absolute atomic E-state index is 0.0297. The molecule has 0 radical (unpaired) electrons. The Morgan fingerprint density at radius 2 is 1.96 bits per heavy atom. The first kappa shape index (κ1) is 18.3. The van der Waals surface area contributed by atoms with Gasteiger partial charge in [0.1, 0.15) is 5.60 Å². The van der Waals surface area contributed by atoms with Crippen LogP contribution in [0, 0.1) is 5.41 Å². The fourth-order valence-electron chi connectivity index (χ4n) is 3.00. The minimum Gasteiger partial charge on any atom is -0.444 e. The van der Waals surface area contributed by atoms with E-state index in [-0.39, 0.29) is 17.4 Å². The molecule has 0 saturated carbocycles. The van der Waals surface area contributed by atoms with Crippen LogP contribution in [0.3, 0.4) is 0 Å². The highest BCUT2D eigenvalue weighted by molar-refractivity contribution is 5.80. The molecule has 1 N–H and O–H groups in total. The summed E-state index contributed by atoms with van der Waals surface area (Å²) >= 11 is 0. The Bertz CT molecular complexity index is 594. The summed E-state index contributed by atoms with van der Waals surface area (Å²) in [5, 5.41) is 2.80. The number of ether oxygens (including phenoxy) is 1. The van der Waals surface area contributed by atoms with Gasteiger partial charge in [-0.1, -0.05) is 37.3 Å². The average Bonchev–Trinajstić information content (AvgIpc) is 2.79. The van der Waals surface area contributed by atoms with E-state index in [9.17, 15) is 9.59 Å². The second-order valence-electron chi connectivity index (χ2n) is 7.95. The summed E-state index contributed by atoms with van der Waals surface area (Å²) in [4.78, 5) is 26.2. The average molecular weight is 332 g/mol. The van der Waals surface area contributed by atoms with Crippen LogP contribution >= 0.6 is 0 Å². The van der Waals surface area contributed by atoms with Crippen molar-refractivity contribution in [2.24, 2.45) is 5.41 Å². The van der Waals surface area contributed by atoms with Crippen molar-refractivity contribution in [3.63, 3.8) is 0 Å². The van der Waals surface area contributed by atoms with Crippen LogP contribution < -0.4 is 5.32 Å². The fraction of sp³-hybridized carbons (Fsp3) is 0.579. The maximum absolute atomic E-state index is 12.5. The predicted molar refractivity (Wildman–Crippen MR) is 93.5 cm³/mol. The molecule has 1 aromatic rings. The lowest BCUT2D eigenvalue weighted by Crippen LogP contribution is -2.40. The molecule has 1 aromatic carbocycles. The number of benzene rings is 1. The van der Waals surface area contributed by atoms with Gasteiger partial charge in [-0.3, -0.25) is 4.79 Å². The Balaban J connectivity index is 1.96. The van der Waals surface area contributed by atoms with Crippen LogP contribution in [0.15, 0.2) is 30.3 Å². The highest BCUT2D eigenvalue weighted by Crippen LogP contribution is 2.35. The number of alkyl carbamates (subject to hydrolysis) is 1. The van der Waals surface area contributed by atoms with E-state index in [1.807, 2.05) is 69.9 Å². The summed E-state index contributed by atoms with van der Waals surface area (Å²) in [6.07, 6.45) is -0.00861. The molecule has 0 spiro atoms. The minimum atomic E-state index is -0.523. The molecular weight excluding hydrogens is 304 g/mol. The zero-order chi connectivity index (χ0) is 18.0. The normalized spacial score (nSPS) is 22.4. The van der Waals surface area contributed by atoms with Crippen LogP contribution in [0.25, 0.3) is 0 Å². The molecule has 2 rings (SSSR count). The Hall–Kier alpha value is -2.04. The van der Waals surface area contributed by atoms with Crippen LogP contribution in [-0.2, 0) is 9.53 Å². The largest absolute Gasteiger partial charge is 0.444 e. The van der Waals surface area contributed by atoms with Gasteiger partial charge in [0.2, 0.25) is 5.91 Å². The molecule has 132 valence electrons. The van der Waals surface area contributed by atoms with Gasteiger partial charge in [-0.25, -0.2) is 4.79 Å². The van der Waals surface area contributed by atoms with Crippen molar-refractivity contribution in [1.82, 2.24) is 10.2 Å². The molecule has 1 aliphatic rings. The third-order valence-corrected chi connectivity index (χ3v) is 4.26. The lowest BCUT2D eigenvalue weighted by Gasteiger charge is -2.29. The smallest absolute Gasteiger partial charge is 0.407 e. The van der Waals surface area contributed by atoms with Gasteiger partial charge < -0.3 is 15.0 Å².